The number of benzene rings is 2. The van der Waals surface area contributed by atoms with Gasteiger partial charge < -0.3 is 28.9 Å². The van der Waals surface area contributed by atoms with E-state index in [1.807, 2.05) is 11.3 Å². The number of fused-ring (bicyclic) bond motifs is 1. The Bertz CT molecular complexity index is 1060. The number of aryl methyl sites for hydroxylation is 3. The summed E-state index contributed by atoms with van der Waals surface area (Å²) in [6, 6.07) is 15.5. The highest BCUT2D eigenvalue weighted by Crippen LogP contribution is 2.33. The van der Waals surface area contributed by atoms with E-state index in [-0.39, 0.29) is 24.0 Å². The third-order valence-electron chi connectivity index (χ3n) is 5.25. The normalized spacial score (nSPS) is 14.1. The SMILES string of the molecule is CCN1/C(=C/c2sc(-c3ccc(C)cc3)c[n+]2CC)C=Cc2cc(C)ccc21.[I-]. The molecule has 29 heavy (non-hydrogen) atoms. The number of aromatic nitrogens is 1. The van der Waals surface area contributed by atoms with Crippen LogP contribution in [-0.4, -0.2) is 6.54 Å². The molecule has 0 atom stereocenters. The quantitative estimate of drug-likeness (QED) is 0.383. The lowest BCUT2D eigenvalue weighted by molar-refractivity contribution is -0.690. The summed E-state index contributed by atoms with van der Waals surface area (Å²) in [5.41, 5.74) is 7.73. The molecule has 2 nitrogen and oxygen atoms in total. The van der Waals surface area contributed by atoms with Crippen LogP contribution in [0.4, 0.5) is 5.69 Å². The molecule has 0 saturated carbocycles. The number of anilines is 1. The predicted octanol–water partition coefficient (Wildman–Crippen LogP) is 3.24. The molecule has 0 N–H and O–H groups in total. The molecule has 3 aromatic rings. The molecular formula is C25H27IN2S. The smallest absolute Gasteiger partial charge is 0.264 e. The van der Waals surface area contributed by atoms with Gasteiger partial charge >= 0.3 is 0 Å². The summed E-state index contributed by atoms with van der Waals surface area (Å²) in [4.78, 5) is 3.72. The third-order valence-corrected chi connectivity index (χ3v) is 6.38. The molecule has 150 valence electrons. The maximum Gasteiger partial charge on any atom is 0.264 e. The molecule has 0 saturated heterocycles. The van der Waals surface area contributed by atoms with E-state index in [9.17, 15) is 0 Å². The zero-order valence-corrected chi connectivity index (χ0v) is 20.4. The van der Waals surface area contributed by atoms with Crippen LogP contribution in [0, 0.1) is 13.8 Å². The zero-order valence-electron chi connectivity index (χ0n) is 17.4. The Hall–Kier alpha value is -1.92. The van der Waals surface area contributed by atoms with Crippen molar-refractivity contribution < 1.29 is 28.5 Å². The zero-order chi connectivity index (χ0) is 19.7. The van der Waals surface area contributed by atoms with Crippen LogP contribution >= 0.6 is 11.3 Å². The molecule has 1 aliphatic heterocycles. The van der Waals surface area contributed by atoms with Crippen molar-refractivity contribution in [1.82, 2.24) is 0 Å². The average Bonchev–Trinajstić information content (AvgIpc) is 3.11. The van der Waals surface area contributed by atoms with Crippen molar-refractivity contribution in [3.8, 4) is 10.4 Å². The van der Waals surface area contributed by atoms with Crippen molar-refractivity contribution in [1.29, 1.82) is 0 Å². The standard InChI is InChI=1S/C25H27N2S.HI/c1-5-26-17-24(20-10-7-18(3)8-11-20)28-25(26)16-22-13-12-21-15-19(4)9-14-23(21)27(22)6-2;/h7-17H,5-6H2,1-4H3;1H/q+1;/p-1. The molecule has 1 aliphatic rings. The first-order valence-corrected chi connectivity index (χ1v) is 10.8. The highest BCUT2D eigenvalue weighted by Gasteiger charge is 2.20. The van der Waals surface area contributed by atoms with Crippen molar-refractivity contribution in [2.75, 3.05) is 11.4 Å². The minimum Gasteiger partial charge on any atom is -1.00 e. The summed E-state index contributed by atoms with van der Waals surface area (Å²) in [6.07, 6.45) is 9.10. The molecule has 0 radical (unpaired) electrons. The Labute approximate surface area is 195 Å². The average molecular weight is 514 g/mol. The van der Waals surface area contributed by atoms with Gasteiger partial charge in [-0.3, -0.25) is 0 Å². The van der Waals surface area contributed by atoms with E-state index in [4.69, 9.17) is 0 Å². The van der Waals surface area contributed by atoms with Gasteiger partial charge in [0.05, 0.1) is 0 Å². The first-order chi connectivity index (χ1) is 13.6. The van der Waals surface area contributed by atoms with Crippen LogP contribution < -0.4 is 33.4 Å². The molecule has 4 heteroatoms. The van der Waals surface area contributed by atoms with E-state index < -0.39 is 0 Å². The largest absolute Gasteiger partial charge is 1.00 e. The number of halogens is 1. The van der Waals surface area contributed by atoms with E-state index in [0.717, 1.165) is 13.1 Å². The van der Waals surface area contributed by atoms with Gasteiger partial charge in [0.1, 0.15) is 11.4 Å². The summed E-state index contributed by atoms with van der Waals surface area (Å²) in [5.74, 6) is 0. The van der Waals surface area contributed by atoms with E-state index in [0.29, 0.717) is 0 Å². The molecule has 2 heterocycles. The number of thiazole rings is 1. The summed E-state index contributed by atoms with van der Waals surface area (Å²) in [6.45, 7) is 10.6. The van der Waals surface area contributed by atoms with Crippen LogP contribution in [0.3, 0.4) is 0 Å². The monoisotopic (exact) mass is 514 g/mol. The summed E-state index contributed by atoms with van der Waals surface area (Å²) in [7, 11) is 0. The van der Waals surface area contributed by atoms with Crippen molar-refractivity contribution >= 4 is 29.2 Å². The fourth-order valence-electron chi connectivity index (χ4n) is 3.68. The molecule has 0 unspecified atom stereocenters. The van der Waals surface area contributed by atoms with Crippen LogP contribution in [0.15, 0.2) is 60.4 Å². The van der Waals surface area contributed by atoms with Gasteiger partial charge in [0, 0.05) is 24.0 Å². The van der Waals surface area contributed by atoms with Crippen molar-refractivity contribution in [2.24, 2.45) is 0 Å². The molecular weight excluding hydrogens is 487 g/mol. The Morgan fingerprint density at radius 3 is 2.38 bits per heavy atom. The van der Waals surface area contributed by atoms with Gasteiger partial charge in [0.25, 0.3) is 5.01 Å². The van der Waals surface area contributed by atoms with Crippen molar-refractivity contribution in [3.05, 3.63) is 82.1 Å². The molecule has 2 aromatic carbocycles. The maximum atomic E-state index is 2.40. The lowest BCUT2D eigenvalue weighted by atomic mass is 10.0. The molecule has 4 rings (SSSR count). The molecule has 0 fully saturated rings. The third kappa shape index (κ3) is 4.48. The summed E-state index contributed by atoms with van der Waals surface area (Å²) >= 11 is 1.86. The van der Waals surface area contributed by atoms with Gasteiger partial charge in [-0.25, -0.2) is 0 Å². The van der Waals surface area contributed by atoms with Gasteiger partial charge in [-0.15, -0.1) is 0 Å². The molecule has 0 spiro atoms. The van der Waals surface area contributed by atoms with Gasteiger partial charge in [-0.2, -0.15) is 4.57 Å². The number of allylic oxidation sites excluding steroid dienone is 1. The molecule has 0 bridgehead atoms. The summed E-state index contributed by atoms with van der Waals surface area (Å²) < 4.78 is 2.35. The molecule has 0 amide bonds. The van der Waals surface area contributed by atoms with E-state index in [2.05, 4.69) is 104 Å². The number of rotatable bonds is 4. The molecule has 1 aromatic heterocycles. The minimum atomic E-state index is 0. The Kier molecular flexibility index (Phi) is 6.96. The van der Waals surface area contributed by atoms with Crippen LogP contribution in [0.2, 0.25) is 0 Å². The number of hydrogen-bond acceptors (Lipinski definition) is 2. The van der Waals surface area contributed by atoms with Gasteiger partial charge in [-0.1, -0.05) is 58.9 Å². The number of likely N-dealkylation sites (N-methyl/N-ethyl adjacent to an activating group) is 1. The predicted molar refractivity (Wildman–Crippen MR) is 122 cm³/mol. The van der Waals surface area contributed by atoms with Gasteiger partial charge in [0.2, 0.25) is 0 Å². The fraction of sp³-hybridized carbons (Fsp3) is 0.240. The number of hydrogen-bond donors (Lipinski definition) is 0. The van der Waals surface area contributed by atoms with E-state index in [1.54, 1.807) is 0 Å². The lowest BCUT2D eigenvalue weighted by Crippen LogP contribution is -3.00. The number of nitrogens with zero attached hydrogens (tertiary/aromatic N) is 2. The van der Waals surface area contributed by atoms with Gasteiger partial charge in [-0.05, 0) is 57.0 Å². The Morgan fingerprint density at radius 2 is 1.69 bits per heavy atom. The topological polar surface area (TPSA) is 7.12 Å². The summed E-state index contributed by atoms with van der Waals surface area (Å²) in [5, 5.41) is 1.28. The van der Waals surface area contributed by atoms with Crippen molar-refractivity contribution in [3.63, 3.8) is 0 Å². The first-order valence-electron chi connectivity index (χ1n) is 9.97. The van der Waals surface area contributed by atoms with Crippen LogP contribution in [0.25, 0.3) is 22.6 Å². The maximum absolute atomic E-state index is 2.40. The second-order valence-electron chi connectivity index (χ2n) is 7.29. The second kappa shape index (κ2) is 9.26. The van der Waals surface area contributed by atoms with E-state index >= 15 is 0 Å². The van der Waals surface area contributed by atoms with Crippen LogP contribution in [0.5, 0.6) is 0 Å². The highest BCUT2D eigenvalue weighted by molar-refractivity contribution is 7.15. The molecule has 0 aliphatic carbocycles. The lowest BCUT2D eigenvalue weighted by Gasteiger charge is -2.29. The van der Waals surface area contributed by atoms with Crippen LogP contribution in [0.1, 0.15) is 35.5 Å². The first kappa shape index (κ1) is 21.8. The Morgan fingerprint density at radius 1 is 0.966 bits per heavy atom. The highest BCUT2D eigenvalue weighted by atomic mass is 127. The fourth-order valence-corrected chi connectivity index (χ4v) is 4.81. The Balaban J connectivity index is 0.00000240. The second-order valence-corrected chi connectivity index (χ2v) is 8.36. The van der Waals surface area contributed by atoms with Crippen LogP contribution in [-0.2, 0) is 6.54 Å². The van der Waals surface area contributed by atoms with Crippen molar-refractivity contribution in [2.45, 2.75) is 34.2 Å². The van der Waals surface area contributed by atoms with E-state index in [1.165, 1.54) is 43.5 Å². The minimum absolute atomic E-state index is 0. The van der Waals surface area contributed by atoms with Gasteiger partial charge in [0.15, 0.2) is 6.20 Å².